The van der Waals surface area contributed by atoms with Crippen molar-refractivity contribution in [2.24, 2.45) is 0 Å². The van der Waals surface area contributed by atoms with Gasteiger partial charge < -0.3 is 19.1 Å². The second kappa shape index (κ2) is 6.51. The normalized spacial score (nSPS) is 19.1. The number of ether oxygens (including phenoxy) is 3. The Morgan fingerprint density at radius 3 is 2.86 bits per heavy atom. The molecule has 1 saturated heterocycles. The third-order valence-corrected chi connectivity index (χ3v) is 5.53. The largest absolute Gasteiger partial charge is 0.497 e. The standard InChI is InChI=1S/C21H19N3O5/c1-27-12-5-6-16-14(10-12)20(25)23-8-3-4-17(23)18-22-19-15(21(26)24(16)18)11-13(28-2)7-9-29-19/h5-7,9-11,17H,3-4,8H2,1-2H3. The highest BCUT2D eigenvalue weighted by Crippen LogP contribution is 2.38. The minimum absolute atomic E-state index is 0.129. The van der Waals surface area contributed by atoms with E-state index in [4.69, 9.17) is 14.2 Å². The van der Waals surface area contributed by atoms with Crippen molar-refractivity contribution in [3.05, 3.63) is 63.6 Å². The lowest BCUT2D eigenvalue weighted by Gasteiger charge is -2.22. The van der Waals surface area contributed by atoms with E-state index < -0.39 is 0 Å². The second-order valence-electron chi connectivity index (χ2n) is 7.04. The van der Waals surface area contributed by atoms with E-state index in [0.717, 1.165) is 12.8 Å². The van der Waals surface area contributed by atoms with E-state index in [2.05, 4.69) is 4.98 Å². The van der Waals surface area contributed by atoms with Crippen LogP contribution in [0.2, 0.25) is 0 Å². The summed E-state index contributed by atoms with van der Waals surface area (Å²) in [6.07, 6.45) is 6.25. The average molecular weight is 393 g/mol. The molecule has 1 unspecified atom stereocenters. The summed E-state index contributed by atoms with van der Waals surface area (Å²) in [4.78, 5) is 33.3. The maximum absolute atomic E-state index is 13.6. The number of carbonyl (C=O) groups is 1. The molecule has 0 saturated carbocycles. The van der Waals surface area contributed by atoms with Gasteiger partial charge in [-0.05, 0) is 37.1 Å². The van der Waals surface area contributed by atoms with E-state index in [-0.39, 0.29) is 29.0 Å². The molecule has 8 heteroatoms. The van der Waals surface area contributed by atoms with Gasteiger partial charge in [0.1, 0.15) is 22.9 Å². The number of methoxy groups -OCH3 is 2. The molecule has 1 atom stereocenters. The number of aromatic nitrogens is 2. The van der Waals surface area contributed by atoms with Gasteiger partial charge in [0.15, 0.2) is 0 Å². The summed E-state index contributed by atoms with van der Waals surface area (Å²) in [5, 5.41) is 0. The fourth-order valence-electron chi connectivity index (χ4n) is 4.12. The van der Waals surface area contributed by atoms with Crippen molar-refractivity contribution in [2.75, 3.05) is 20.8 Å². The zero-order chi connectivity index (χ0) is 20.1. The Hall–Kier alpha value is -3.55. The van der Waals surface area contributed by atoms with Gasteiger partial charge in [-0.1, -0.05) is 0 Å². The van der Waals surface area contributed by atoms with Crippen molar-refractivity contribution < 1.29 is 19.0 Å². The molecule has 2 aromatic rings. The monoisotopic (exact) mass is 393 g/mol. The Kier molecular flexibility index (Phi) is 3.94. The molecule has 1 aromatic heterocycles. The quantitative estimate of drug-likeness (QED) is 0.779. The van der Waals surface area contributed by atoms with Gasteiger partial charge in [0.25, 0.3) is 11.5 Å². The fourth-order valence-corrected chi connectivity index (χ4v) is 4.12. The molecule has 0 N–H and O–H groups in total. The topological polar surface area (TPSA) is 82.9 Å². The average Bonchev–Trinajstić information content (AvgIpc) is 3.09. The second-order valence-corrected chi connectivity index (χ2v) is 7.04. The van der Waals surface area contributed by atoms with Gasteiger partial charge >= 0.3 is 0 Å². The summed E-state index contributed by atoms with van der Waals surface area (Å²) in [7, 11) is 3.07. The minimum atomic E-state index is -0.309. The van der Waals surface area contributed by atoms with Gasteiger partial charge in [-0.2, -0.15) is 4.98 Å². The predicted molar refractivity (Wildman–Crippen MR) is 104 cm³/mol. The maximum atomic E-state index is 13.6. The molecular formula is C21H19N3O5. The Labute approximate surface area is 166 Å². The van der Waals surface area contributed by atoms with Gasteiger partial charge in [0, 0.05) is 12.6 Å². The summed E-state index contributed by atoms with van der Waals surface area (Å²) < 4.78 is 17.7. The van der Waals surface area contributed by atoms with E-state index in [1.807, 2.05) is 0 Å². The lowest BCUT2D eigenvalue weighted by atomic mass is 10.1. The number of benzene rings is 1. The number of rotatable bonds is 2. The van der Waals surface area contributed by atoms with Gasteiger partial charge in [-0.3, -0.25) is 14.2 Å². The van der Waals surface area contributed by atoms with Gasteiger partial charge in [-0.25, -0.2) is 0 Å². The van der Waals surface area contributed by atoms with Crippen LogP contribution in [0, 0.1) is 0 Å². The van der Waals surface area contributed by atoms with E-state index >= 15 is 0 Å². The van der Waals surface area contributed by atoms with Crippen molar-refractivity contribution in [2.45, 2.75) is 18.9 Å². The van der Waals surface area contributed by atoms with Gasteiger partial charge in [-0.15, -0.1) is 0 Å². The first-order valence-electron chi connectivity index (χ1n) is 9.37. The molecule has 1 amide bonds. The smallest absolute Gasteiger partial charge is 0.269 e. The number of hydrogen-bond donors (Lipinski definition) is 0. The summed E-state index contributed by atoms with van der Waals surface area (Å²) in [5.74, 6) is 1.62. The predicted octanol–water partition coefficient (Wildman–Crippen LogP) is 2.43. The molecule has 4 heterocycles. The van der Waals surface area contributed by atoms with Crippen LogP contribution in [0.3, 0.4) is 0 Å². The van der Waals surface area contributed by atoms with Crippen LogP contribution in [0.1, 0.15) is 40.6 Å². The number of carbonyl (C=O) groups excluding carboxylic acids is 1. The highest BCUT2D eigenvalue weighted by molar-refractivity contribution is 5.99. The number of allylic oxidation sites excluding steroid dienone is 1. The maximum Gasteiger partial charge on any atom is 0.269 e. The van der Waals surface area contributed by atoms with Crippen LogP contribution in [-0.2, 0) is 4.74 Å². The Bertz CT molecular complexity index is 1150. The molecule has 0 aliphatic carbocycles. The van der Waals surface area contributed by atoms with Crippen LogP contribution in [0.15, 0.2) is 41.1 Å². The Morgan fingerprint density at radius 2 is 2.07 bits per heavy atom. The SMILES string of the molecule is COC1=Cc2c(nc3n(c2=O)-c2ccc(OC)cc2C(=O)N2CCCC32)OC=C1. The van der Waals surface area contributed by atoms with Crippen molar-refractivity contribution in [1.82, 2.24) is 14.5 Å². The molecule has 29 heavy (non-hydrogen) atoms. The van der Waals surface area contributed by atoms with Crippen LogP contribution in [0.4, 0.5) is 0 Å². The zero-order valence-corrected chi connectivity index (χ0v) is 16.0. The van der Waals surface area contributed by atoms with Crippen molar-refractivity contribution in [3.8, 4) is 17.3 Å². The minimum Gasteiger partial charge on any atom is -0.497 e. The summed E-state index contributed by atoms with van der Waals surface area (Å²) in [6, 6.07) is 4.85. The summed E-state index contributed by atoms with van der Waals surface area (Å²) in [5.41, 5.74) is 0.875. The molecule has 1 fully saturated rings. The van der Waals surface area contributed by atoms with Crippen molar-refractivity contribution >= 4 is 12.0 Å². The molecule has 0 radical (unpaired) electrons. The van der Waals surface area contributed by atoms with Crippen LogP contribution in [-0.4, -0.2) is 41.1 Å². The number of amides is 1. The molecule has 8 nitrogen and oxygen atoms in total. The van der Waals surface area contributed by atoms with E-state index in [0.29, 0.717) is 35.1 Å². The molecule has 1 aromatic carbocycles. The van der Waals surface area contributed by atoms with Crippen LogP contribution < -0.4 is 15.0 Å². The molecule has 148 valence electrons. The Balaban J connectivity index is 1.85. The highest BCUT2D eigenvalue weighted by Gasteiger charge is 2.39. The van der Waals surface area contributed by atoms with Crippen molar-refractivity contribution in [3.63, 3.8) is 0 Å². The third-order valence-electron chi connectivity index (χ3n) is 5.53. The number of nitrogens with zero attached hydrogens (tertiary/aromatic N) is 3. The first kappa shape index (κ1) is 17.5. The van der Waals surface area contributed by atoms with Gasteiger partial charge in [0.2, 0.25) is 5.88 Å². The molecular weight excluding hydrogens is 374 g/mol. The van der Waals surface area contributed by atoms with Crippen LogP contribution >= 0.6 is 0 Å². The number of fused-ring (bicyclic) bond motifs is 6. The fraction of sp³-hybridized carbons (Fsp3) is 0.286. The first-order valence-corrected chi connectivity index (χ1v) is 9.37. The highest BCUT2D eigenvalue weighted by atomic mass is 16.5. The molecule has 3 aliphatic rings. The number of hydrogen-bond acceptors (Lipinski definition) is 6. The first-order chi connectivity index (χ1) is 14.1. The molecule has 3 aliphatic heterocycles. The lowest BCUT2D eigenvalue weighted by molar-refractivity contribution is 0.0735. The van der Waals surface area contributed by atoms with E-state index in [1.165, 1.54) is 17.9 Å². The summed E-state index contributed by atoms with van der Waals surface area (Å²) >= 11 is 0. The van der Waals surface area contributed by atoms with E-state index in [9.17, 15) is 9.59 Å². The molecule has 0 spiro atoms. The van der Waals surface area contributed by atoms with Crippen molar-refractivity contribution in [1.29, 1.82) is 0 Å². The third kappa shape index (κ3) is 2.55. The van der Waals surface area contributed by atoms with Gasteiger partial charge in [0.05, 0.1) is 37.8 Å². The zero-order valence-electron chi connectivity index (χ0n) is 16.0. The Morgan fingerprint density at radius 1 is 1.21 bits per heavy atom. The molecule has 0 bridgehead atoms. The van der Waals surface area contributed by atoms with Crippen LogP contribution in [0.5, 0.6) is 11.6 Å². The molecule has 5 rings (SSSR count). The lowest BCUT2D eigenvalue weighted by Crippen LogP contribution is -2.31. The van der Waals surface area contributed by atoms with Crippen LogP contribution in [0.25, 0.3) is 11.8 Å². The summed E-state index contributed by atoms with van der Waals surface area (Å²) in [6.45, 7) is 0.613. The van der Waals surface area contributed by atoms with E-state index in [1.54, 1.807) is 42.4 Å².